The van der Waals surface area contributed by atoms with Gasteiger partial charge in [0.2, 0.25) is 5.78 Å². The van der Waals surface area contributed by atoms with Crippen molar-refractivity contribution in [1.82, 2.24) is 15.0 Å². The first-order valence-corrected chi connectivity index (χ1v) is 5.83. The molecule has 2 heterocycles. The number of pyridine rings is 1. The molecule has 4 heteroatoms. The van der Waals surface area contributed by atoms with E-state index in [0.29, 0.717) is 5.82 Å². The summed E-state index contributed by atoms with van der Waals surface area (Å²) in [6.07, 6.45) is 7.96. The van der Waals surface area contributed by atoms with Crippen LogP contribution in [0, 0.1) is 0 Å². The first kappa shape index (κ1) is 10.2. The van der Waals surface area contributed by atoms with E-state index in [-0.39, 0.29) is 11.7 Å². The van der Waals surface area contributed by atoms with Gasteiger partial charge in [-0.3, -0.25) is 9.78 Å². The van der Waals surface area contributed by atoms with Crippen molar-refractivity contribution in [1.29, 1.82) is 0 Å². The lowest BCUT2D eigenvalue weighted by molar-refractivity contribution is 0.0939. The van der Waals surface area contributed by atoms with Crippen LogP contribution in [0.4, 0.5) is 0 Å². The van der Waals surface area contributed by atoms with Gasteiger partial charge < -0.3 is 4.98 Å². The Bertz CT molecular complexity index is 533. The van der Waals surface area contributed by atoms with Gasteiger partial charge in [-0.2, -0.15) is 0 Å². The van der Waals surface area contributed by atoms with Crippen LogP contribution in [0.5, 0.6) is 0 Å². The number of carbonyl (C=O) groups excluding carboxylic acids is 1. The fourth-order valence-electron chi connectivity index (χ4n) is 2.43. The number of ketones is 1. The van der Waals surface area contributed by atoms with E-state index < -0.39 is 0 Å². The fraction of sp³-hybridized carbons (Fsp3) is 0.308. The van der Waals surface area contributed by atoms with Crippen molar-refractivity contribution in [3.05, 3.63) is 47.8 Å². The molecule has 0 radical (unpaired) electrons. The second kappa shape index (κ2) is 4.13. The first-order chi connectivity index (χ1) is 8.36. The number of H-pyrrole nitrogens is 1. The smallest absolute Gasteiger partial charge is 0.207 e. The largest absolute Gasteiger partial charge is 0.342 e. The Morgan fingerprint density at radius 3 is 3.12 bits per heavy atom. The number of aromatic nitrogens is 3. The maximum absolute atomic E-state index is 12.3. The van der Waals surface area contributed by atoms with Gasteiger partial charge in [0, 0.05) is 18.6 Å². The number of imidazole rings is 1. The van der Waals surface area contributed by atoms with Gasteiger partial charge >= 0.3 is 0 Å². The highest BCUT2D eigenvalue weighted by Gasteiger charge is 2.29. The number of carbonyl (C=O) groups is 1. The zero-order valence-electron chi connectivity index (χ0n) is 9.39. The van der Waals surface area contributed by atoms with Crippen LogP contribution < -0.4 is 0 Å². The van der Waals surface area contributed by atoms with Gasteiger partial charge in [0.1, 0.15) is 0 Å². The molecular formula is C13H13N3O. The monoisotopic (exact) mass is 227 g/mol. The molecule has 0 fully saturated rings. The Labute approximate surface area is 99.1 Å². The first-order valence-electron chi connectivity index (χ1n) is 5.83. The van der Waals surface area contributed by atoms with Gasteiger partial charge in [-0.05, 0) is 30.9 Å². The molecule has 4 nitrogen and oxygen atoms in total. The molecule has 2 aromatic heterocycles. The summed E-state index contributed by atoms with van der Waals surface area (Å²) in [5, 5.41) is 0. The predicted molar refractivity (Wildman–Crippen MR) is 62.8 cm³/mol. The van der Waals surface area contributed by atoms with E-state index in [1.54, 1.807) is 18.6 Å². The molecule has 0 amide bonds. The molecule has 0 saturated carbocycles. The summed E-state index contributed by atoms with van der Waals surface area (Å²) in [6.45, 7) is 0. The minimum atomic E-state index is -0.133. The Balaban J connectivity index is 1.98. The predicted octanol–water partition coefficient (Wildman–Crippen LogP) is 2.11. The van der Waals surface area contributed by atoms with Crippen LogP contribution in [0.2, 0.25) is 0 Å². The van der Waals surface area contributed by atoms with E-state index >= 15 is 0 Å². The summed E-state index contributed by atoms with van der Waals surface area (Å²) >= 11 is 0. The molecule has 3 rings (SSSR count). The van der Waals surface area contributed by atoms with Gasteiger partial charge in [0.25, 0.3) is 0 Å². The van der Waals surface area contributed by atoms with Gasteiger partial charge in [0.05, 0.1) is 11.6 Å². The number of aromatic amines is 1. The number of Topliss-reactive ketones (excluding diaryl/α,β-unsaturated/α-hetero) is 1. The molecule has 86 valence electrons. The molecule has 0 aliphatic heterocycles. The lowest BCUT2D eigenvalue weighted by Gasteiger charge is -2.22. The number of nitrogens with one attached hydrogen (secondary N) is 1. The van der Waals surface area contributed by atoms with Crippen LogP contribution in [-0.2, 0) is 6.42 Å². The lowest BCUT2D eigenvalue weighted by Crippen LogP contribution is -2.21. The van der Waals surface area contributed by atoms with Crippen LogP contribution in [0.25, 0.3) is 0 Å². The second-order valence-corrected chi connectivity index (χ2v) is 4.29. The van der Waals surface area contributed by atoms with Crippen molar-refractivity contribution in [3.63, 3.8) is 0 Å². The molecule has 1 aliphatic rings. The van der Waals surface area contributed by atoms with Crippen molar-refractivity contribution < 1.29 is 4.79 Å². The number of nitrogens with zero attached hydrogens (tertiary/aromatic N) is 2. The minimum Gasteiger partial charge on any atom is -0.342 e. The number of aryl methyl sites for hydroxylation is 1. The van der Waals surface area contributed by atoms with Gasteiger partial charge in [-0.15, -0.1) is 0 Å². The van der Waals surface area contributed by atoms with Crippen molar-refractivity contribution in [2.75, 3.05) is 0 Å². The number of hydrogen-bond acceptors (Lipinski definition) is 3. The van der Waals surface area contributed by atoms with Gasteiger partial charge in [-0.1, -0.05) is 6.07 Å². The summed E-state index contributed by atoms with van der Waals surface area (Å²) < 4.78 is 0. The normalized spacial score (nSPS) is 18.7. The number of fused-ring (bicyclic) bond motifs is 1. The maximum Gasteiger partial charge on any atom is 0.207 e. The minimum absolute atomic E-state index is 0.0506. The Hall–Kier alpha value is -1.97. The summed E-state index contributed by atoms with van der Waals surface area (Å²) in [4.78, 5) is 23.6. The van der Waals surface area contributed by atoms with E-state index in [0.717, 1.165) is 25.0 Å². The molecule has 17 heavy (non-hydrogen) atoms. The van der Waals surface area contributed by atoms with E-state index in [2.05, 4.69) is 21.0 Å². The standard InChI is InChI=1S/C13H13N3O/c17-12(13-15-7-8-16-13)10-5-1-3-9-4-2-6-14-11(9)10/h2,4,6-8,10H,1,3,5H2,(H,15,16). The SMILES string of the molecule is O=C(c1ncc[nH]1)C1CCCc2cccnc21. The zero-order chi connectivity index (χ0) is 11.7. The highest BCUT2D eigenvalue weighted by Crippen LogP contribution is 2.31. The molecule has 1 aliphatic carbocycles. The lowest BCUT2D eigenvalue weighted by atomic mass is 9.84. The summed E-state index contributed by atoms with van der Waals surface area (Å²) in [7, 11) is 0. The second-order valence-electron chi connectivity index (χ2n) is 4.29. The fourth-order valence-corrected chi connectivity index (χ4v) is 2.43. The molecular weight excluding hydrogens is 214 g/mol. The molecule has 1 N–H and O–H groups in total. The highest BCUT2D eigenvalue weighted by atomic mass is 16.1. The molecule has 0 saturated heterocycles. The molecule has 0 spiro atoms. The van der Waals surface area contributed by atoms with E-state index in [4.69, 9.17) is 0 Å². The van der Waals surface area contributed by atoms with Crippen molar-refractivity contribution in [3.8, 4) is 0 Å². The van der Waals surface area contributed by atoms with Crippen LogP contribution in [-0.4, -0.2) is 20.7 Å². The molecule has 1 atom stereocenters. The van der Waals surface area contributed by atoms with Gasteiger partial charge in [-0.25, -0.2) is 4.98 Å². The molecule has 2 aromatic rings. The number of hydrogen-bond donors (Lipinski definition) is 1. The Morgan fingerprint density at radius 2 is 2.29 bits per heavy atom. The average molecular weight is 227 g/mol. The molecule has 0 aromatic carbocycles. The van der Waals surface area contributed by atoms with Crippen LogP contribution >= 0.6 is 0 Å². The Morgan fingerprint density at radius 1 is 1.35 bits per heavy atom. The topological polar surface area (TPSA) is 58.6 Å². The quantitative estimate of drug-likeness (QED) is 0.799. The van der Waals surface area contributed by atoms with Crippen LogP contribution in [0.3, 0.4) is 0 Å². The third-order valence-corrected chi connectivity index (χ3v) is 3.24. The Kier molecular flexibility index (Phi) is 2.48. The summed E-state index contributed by atoms with van der Waals surface area (Å²) in [5.74, 6) is 0.356. The maximum atomic E-state index is 12.3. The summed E-state index contributed by atoms with van der Waals surface area (Å²) in [5.41, 5.74) is 2.13. The average Bonchev–Trinajstić information content (AvgIpc) is 2.91. The third kappa shape index (κ3) is 1.75. The van der Waals surface area contributed by atoms with Gasteiger partial charge in [0.15, 0.2) is 5.82 Å². The highest BCUT2D eigenvalue weighted by molar-refractivity contribution is 5.97. The third-order valence-electron chi connectivity index (χ3n) is 3.24. The van der Waals surface area contributed by atoms with Crippen molar-refractivity contribution in [2.24, 2.45) is 0 Å². The number of rotatable bonds is 2. The van der Waals surface area contributed by atoms with E-state index in [1.165, 1.54) is 5.56 Å². The summed E-state index contributed by atoms with van der Waals surface area (Å²) in [6, 6.07) is 3.99. The molecule has 1 unspecified atom stereocenters. The van der Waals surface area contributed by atoms with E-state index in [9.17, 15) is 4.79 Å². The van der Waals surface area contributed by atoms with Crippen molar-refractivity contribution in [2.45, 2.75) is 25.2 Å². The van der Waals surface area contributed by atoms with E-state index in [1.807, 2.05) is 6.07 Å². The van der Waals surface area contributed by atoms with Crippen molar-refractivity contribution >= 4 is 5.78 Å². The molecule has 0 bridgehead atoms. The van der Waals surface area contributed by atoms with Crippen LogP contribution in [0.1, 0.15) is 40.6 Å². The van der Waals surface area contributed by atoms with Crippen LogP contribution in [0.15, 0.2) is 30.7 Å². The zero-order valence-corrected chi connectivity index (χ0v) is 9.39.